The number of nitrogens with two attached hydrogens (primary N) is 1. The molecule has 8 heteroatoms. The van der Waals surface area contributed by atoms with Crippen molar-refractivity contribution in [1.29, 1.82) is 0 Å². The normalized spacial score (nSPS) is 11.9. The fraction of sp³-hybridized carbons (Fsp3) is 0.357. The maximum Gasteiger partial charge on any atom is 0.266 e. The van der Waals surface area contributed by atoms with Crippen LogP contribution in [0.4, 0.5) is 0 Å². The summed E-state index contributed by atoms with van der Waals surface area (Å²) in [5.41, 5.74) is 5.65. The van der Waals surface area contributed by atoms with Crippen LogP contribution in [0.2, 0.25) is 5.02 Å². The molecule has 2 aromatic rings. The van der Waals surface area contributed by atoms with E-state index in [-0.39, 0.29) is 10.6 Å². The third-order valence-electron chi connectivity index (χ3n) is 3.30. The molecule has 0 fully saturated rings. The average molecular weight is 344 g/mol. The Bertz CT molecular complexity index is 799. The number of nitrogens with one attached hydrogen (secondary N) is 2. The molecule has 120 valence electrons. The number of carbonyl (C=O) groups is 1. The lowest BCUT2D eigenvalue weighted by Crippen LogP contribution is -2.27. The monoisotopic (exact) mass is 343 g/mol. The summed E-state index contributed by atoms with van der Waals surface area (Å²) in [6.45, 7) is 2.34. The Morgan fingerprint density at radius 1 is 1.36 bits per heavy atom. The Kier molecular flexibility index (Phi) is 5.10. The average Bonchev–Trinajstić information content (AvgIpc) is 2.83. The predicted molar refractivity (Wildman–Crippen MR) is 86.5 cm³/mol. The molecule has 0 unspecified atom stereocenters. The first kappa shape index (κ1) is 16.8. The van der Waals surface area contributed by atoms with E-state index < -0.39 is 15.9 Å². The molecule has 22 heavy (non-hydrogen) atoms. The number of unbranched alkanes of at least 4 members (excludes halogenated alkanes) is 2. The van der Waals surface area contributed by atoms with Crippen molar-refractivity contribution in [3.8, 4) is 0 Å². The van der Waals surface area contributed by atoms with Crippen molar-refractivity contribution in [1.82, 2.24) is 9.71 Å². The van der Waals surface area contributed by atoms with Crippen molar-refractivity contribution in [2.75, 3.05) is 6.54 Å². The van der Waals surface area contributed by atoms with Gasteiger partial charge in [0, 0.05) is 22.5 Å². The highest BCUT2D eigenvalue weighted by Crippen LogP contribution is 2.29. The molecule has 0 saturated heterocycles. The first-order valence-corrected chi connectivity index (χ1v) is 8.83. The Morgan fingerprint density at radius 2 is 2.09 bits per heavy atom. The number of H-pyrrole nitrogens is 1. The van der Waals surface area contributed by atoms with Crippen molar-refractivity contribution >= 4 is 38.4 Å². The van der Waals surface area contributed by atoms with E-state index in [0.29, 0.717) is 22.5 Å². The summed E-state index contributed by atoms with van der Waals surface area (Å²) in [7, 11) is -3.86. The van der Waals surface area contributed by atoms with Gasteiger partial charge in [0.05, 0.1) is 0 Å². The number of benzene rings is 1. The highest BCUT2D eigenvalue weighted by molar-refractivity contribution is 7.89. The number of aromatic nitrogens is 1. The molecule has 0 bridgehead atoms. The van der Waals surface area contributed by atoms with Crippen molar-refractivity contribution in [3.05, 3.63) is 28.9 Å². The Balaban J connectivity index is 2.49. The molecule has 6 nitrogen and oxygen atoms in total. The van der Waals surface area contributed by atoms with Crippen molar-refractivity contribution < 1.29 is 13.2 Å². The fourth-order valence-corrected chi connectivity index (χ4v) is 3.85. The highest BCUT2D eigenvalue weighted by atomic mass is 35.5. The first-order chi connectivity index (χ1) is 10.4. The summed E-state index contributed by atoms with van der Waals surface area (Å²) in [6.07, 6.45) is 2.63. The minimum absolute atomic E-state index is 0.139. The molecule has 1 aromatic heterocycles. The van der Waals surface area contributed by atoms with Crippen molar-refractivity contribution in [2.45, 2.75) is 31.1 Å². The smallest absolute Gasteiger partial charge is 0.266 e. The van der Waals surface area contributed by atoms with E-state index in [4.69, 9.17) is 17.3 Å². The summed E-state index contributed by atoms with van der Waals surface area (Å²) < 4.78 is 27.6. The number of hydrogen-bond acceptors (Lipinski definition) is 3. The van der Waals surface area contributed by atoms with Gasteiger partial charge < -0.3 is 10.7 Å². The number of sulfonamides is 1. The van der Waals surface area contributed by atoms with Gasteiger partial charge in [-0.3, -0.25) is 4.79 Å². The zero-order chi connectivity index (χ0) is 16.3. The van der Waals surface area contributed by atoms with Gasteiger partial charge in [0.1, 0.15) is 10.6 Å². The van der Waals surface area contributed by atoms with Gasteiger partial charge in [0.25, 0.3) is 5.91 Å². The molecule has 2 rings (SSSR count). The third kappa shape index (κ3) is 3.43. The number of aromatic amines is 1. The van der Waals surface area contributed by atoms with Crippen LogP contribution in [0.25, 0.3) is 10.9 Å². The van der Waals surface area contributed by atoms with E-state index >= 15 is 0 Å². The molecule has 1 aromatic carbocycles. The van der Waals surface area contributed by atoms with Crippen LogP contribution in [0.5, 0.6) is 0 Å². The lowest BCUT2D eigenvalue weighted by atomic mass is 10.2. The Hall–Kier alpha value is -1.57. The zero-order valence-corrected chi connectivity index (χ0v) is 13.7. The van der Waals surface area contributed by atoms with E-state index in [1.54, 1.807) is 12.1 Å². The van der Waals surface area contributed by atoms with Crippen LogP contribution in [0.1, 0.15) is 36.7 Å². The lowest BCUT2D eigenvalue weighted by Gasteiger charge is -2.07. The molecule has 0 saturated carbocycles. The molecule has 0 spiro atoms. The largest absolute Gasteiger partial charge is 0.364 e. The number of rotatable bonds is 7. The van der Waals surface area contributed by atoms with E-state index in [1.807, 2.05) is 6.92 Å². The van der Waals surface area contributed by atoms with Crippen LogP contribution in [0.15, 0.2) is 23.1 Å². The Labute approximate surface area is 134 Å². The molecule has 0 radical (unpaired) electrons. The van der Waals surface area contributed by atoms with Gasteiger partial charge in [0.2, 0.25) is 10.0 Å². The number of fused-ring (bicyclic) bond motifs is 1. The molecule has 0 aliphatic heterocycles. The molecule has 1 heterocycles. The van der Waals surface area contributed by atoms with Crippen LogP contribution >= 0.6 is 11.6 Å². The SMILES string of the molecule is CCCCCNS(=O)(=O)c1c(C(N)=O)[nH]c2ccc(Cl)cc12. The third-order valence-corrected chi connectivity index (χ3v) is 5.08. The quantitative estimate of drug-likeness (QED) is 0.672. The summed E-state index contributed by atoms with van der Waals surface area (Å²) in [4.78, 5) is 14.2. The predicted octanol–water partition coefficient (Wildman–Crippen LogP) is 2.39. The molecule has 0 aliphatic carbocycles. The topological polar surface area (TPSA) is 105 Å². The Morgan fingerprint density at radius 3 is 2.73 bits per heavy atom. The van der Waals surface area contributed by atoms with Gasteiger partial charge in [0.15, 0.2) is 0 Å². The minimum atomic E-state index is -3.86. The number of carbonyl (C=O) groups excluding carboxylic acids is 1. The van der Waals surface area contributed by atoms with Crippen LogP contribution in [-0.2, 0) is 10.0 Å². The standard InChI is InChI=1S/C14H18ClN3O3S/c1-2-3-4-7-17-22(20,21)13-10-8-9(15)5-6-11(10)18-12(13)14(16)19/h5-6,8,17-18H,2-4,7H2,1H3,(H2,16,19). The van der Waals surface area contributed by atoms with Crippen LogP contribution < -0.4 is 10.5 Å². The van der Waals surface area contributed by atoms with Crippen LogP contribution in [-0.4, -0.2) is 25.9 Å². The second kappa shape index (κ2) is 6.68. The second-order valence-corrected chi connectivity index (χ2v) is 7.13. The molecule has 1 amide bonds. The van der Waals surface area contributed by atoms with E-state index in [9.17, 15) is 13.2 Å². The van der Waals surface area contributed by atoms with E-state index in [2.05, 4.69) is 9.71 Å². The highest BCUT2D eigenvalue weighted by Gasteiger charge is 2.26. The van der Waals surface area contributed by atoms with Gasteiger partial charge >= 0.3 is 0 Å². The van der Waals surface area contributed by atoms with Crippen molar-refractivity contribution in [2.24, 2.45) is 5.73 Å². The number of hydrogen-bond donors (Lipinski definition) is 3. The number of amides is 1. The molecular weight excluding hydrogens is 326 g/mol. The van der Waals surface area contributed by atoms with Gasteiger partial charge in [-0.1, -0.05) is 31.4 Å². The van der Waals surface area contributed by atoms with Crippen LogP contribution in [0, 0.1) is 0 Å². The zero-order valence-electron chi connectivity index (χ0n) is 12.1. The van der Waals surface area contributed by atoms with Gasteiger partial charge in [-0.2, -0.15) is 0 Å². The van der Waals surface area contributed by atoms with Crippen LogP contribution in [0.3, 0.4) is 0 Å². The summed E-state index contributed by atoms with van der Waals surface area (Å²) in [5.74, 6) is -0.832. The molecule has 0 aliphatic rings. The van der Waals surface area contributed by atoms with Gasteiger partial charge in [-0.05, 0) is 24.6 Å². The van der Waals surface area contributed by atoms with Gasteiger partial charge in [-0.25, -0.2) is 13.1 Å². The van der Waals surface area contributed by atoms with Crippen molar-refractivity contribution in [3.63, 3.8) is 0 Å². The number of halogens is 1. The molecular formula is C14H18ClN3O3S. The summed E-state index contributed by atoms with van der Waals surface area (Å²) in [5, 5.41) is 0.731. The first-order valence-electron chi connectivity index (χ1n) is 6.97. The summed E-state index contributed by atoms with van der Waals surface area (Å²) >= 11 is 5.93. The summed E-state index contributed by atoms with van der Waals surface area (Å²) in [6, 6.07) is 4.72. The lowest BCUT2D eigenvalue weighted by molar-refractivity contribution is 0.0993. The minimum Gasteiger partial charge on any atom is -0.364 e. The maximum absolute atomic E-state index is 12.5. The van der Waals surface area contributed by atoms with E-state index in [0.717, 1.165) is 19.3 Å². The number of primary amides is 1. The fourth-order valence-electron chi connectivity index (χ4n) is 2.25. The maximum atomic E-state index is 12.5. The second-order valence-electron chi connectivity index (χ2n) is 4.99. The molecule has 4 N–H and O–H groups in total. The molecule has 0 atom stereocenters. The van der Waals surface area contributed by atoms with E-state index in [1.165, 1.54) is 6.07 Å². The van der Waals surface area contributed by atoms with Gasteiger partial charge in [-0.15, -0.1) is 0 Å².